The van der Waals surface area contributed by atoms with Crippen molar-refractivity contribution in [3.63, 3.8) is 0 Å². The molecule has 0 aliphatic heterocycles. The molecule has 0 radical (unpaired) electrons. The maximum absolute atomic E-state index is 13.3. The summed E-state index contributed by atoms with van der Waals surface area (Å²) in [5.74, 6) is 0.0199. The molecular weight excluding hydrogens is 436 g/mol. The standard InChI is InChI=1S/C23H23ClN2O4S/c1-17-8-13-22(30-2)21(14-17)25-23(27)16-26(15-18-6-4-3-5-7-18)31(28,29)20-11-9-19(24)10-12-20/h3-14H,15-16H2,1-2H3,(H,25,27). The Morgan fingerprint density at radius 2 is 1.71 bits per heavy atom. The third kappa shape index (κ3) is 5.85. The fourth-order valence-corrected chi connectivity index (χ4v) is 4.55. The van der Waals surface area contributed by atoms with Crippen molar-refractivity contribution in [1.82, 2.24) is 4.31 Å². The highest BCUT2D eigenvalue weighted by Gasteiger charge is 2.27. The summed E-state index contributed by atoms with van der Waals surface area (Å²) in [6, 6.07) is 20.4. The molecule has 3 aromatic carbocycles. The summed E-state index contributed by atoms with van der Waals surface area (Å²) in [7, 11) is -2.44. The van der Waals surface area contributed by atoms with Crippen molar-refractivity contribution in [2.75, 3.05) is 19.0 Å². The zero-order valence-corrected chi connectivity index (χ0v) is 18.8. The first-order chi connectivity index (χ1) is 14.8. The van der Waals surface area contributed by atoms with Gasteiger partial charge < -0.3 is 10.1 Å². The number of benzene rings is 3. The maximum atomic E-state index is 13.3. The molecule has 0 aliphatic carbocycles. The Kier molecular flexibility index (Phi) is 7.33. The van der Waals surface area contributed by atoms with Crippen molar-refractivity contribution in [3.05, 3.63) is 88.9 Å². The van der Waals surface area contributed by atoms with Crippen LogP contribution in [-0.4, -0.2) is 32.3 Å². The molecule has 0 saturated carbocycles. The van der Waals surface area contributed by atoms with Crippen molar-refractivity contribution < 1.29 is 17.9 Å². The first-order valence-corrected chi connectivity index (χ1v) is 11.4. The summed E-state index contributed by atoms with van der Waals surface area (Å²) < 4.78 is 33.0. The van der Waals surface area contributed by atoms with Crippen LogP contribution in [0.15, 0.2) is 77.7 Å². The number of aryl methyl sites for hydroxylation is 1. The number of anilines is 1. The molecule has 3 rings (SSSR count). The fraction of sp³-hybridized carbons (Fsp3) is 0.174. The van der Waals surface area contributed by atoms with Gasteiger partial charge >= 0.3 is 0 Å². The molecule has 0 saturated heterocycles. The van der Waals surface area contributed by atoms with E-state index in [-0.39, 0.29) is 18.0 Å². The van der Waals surface area contributed by atoms with Crippen LogP contribution in [0.4, 0.5) is 5.69 Å². The number of methoxy groups -OCH3 is 1. The van der Waals surface area contributed by atoms with E-state index in [2.05, 4.69) is 5.32 Å². The summed E-state index contributed by atoms with van der Waals surface area (Å²) in [4.78, 5) is 12.9. The van der Waals surface area contributed by atoms with Gasteiger partial charge in [-0.3, -0.25) is 4.79 Å². The first kappa shape index (κ1) is 22.8. The van der Waals surface area contributed by atoms with E-state index in [9.17, 15) is 13.2 Å². The second-order valence-corrected chi connectivity index (χ2v) is 9.34. The number of rotatable bonds is 8. The Hall–Kier alpha value is -2.87. The van der Waals surface area contributed by atoms with E-state index in [4.69, 9.17) is 16.3 Å². The van der Waals surface area contributed by atoms with Gasteiger partial charge in [-0.15, -0.1) is 0 Å². The molecule has 0 fully saturated rings. The summed E-state index contributed by atoms with van der Waals surface area (Å²) in [5.41, 5.74) is 2.18. The molecule has 1 N–H and O–H groups in total. The number of amides is 1. The van der Waals surface area contributed by atoms with Crippen LogP contribution < -0.4 is 10.1 Å². The summed E-state index contributed by atoms with van der Waals surface area (Å²) in [6.07, 6.45) is 0. The van der Waals surface area contributed by atoms with Crippen molar-refractivity contribution in [1.29, 1.82) is 0 Å². The molecule has 0 aromatic heterocycles. The molecular formula is C23H23ClN2O4S. The minimum atomic E-state index is -3.94. The largest absolute Gasteiger partial charge is 0.495 e. The molecule has 0 heterocycles. The number of carbonyl (C=O) groups is 1. The van der Waals surface area contributed by atoms with Gasteiger partial charge in [0.15, 0.2) is 0 Å². The fourth-order valence-electron chi connectivity index (χ4n) is 3.04. The molecule has 0 spiro atoms. The van der Waals surface area contributed by atoms with Crippen LogP contribution in [0.5, 0.6) is 5.75 Å². The summed E-state index contributed by atoms with van der Waals surface area (Å²) in [6.45, 7) is 1.57. The second kappa shape index (κ2) is 9.96. The molecule has 0 bridgehead atoms. The van der Waals surface area contributed by atoms with Gasteiger partial charge in [0.05, 0.1) is 24.2 Å². The monoisotopic (exact) mass is 458 g/mol. The van der Waals surface area contributed by atoms with Crippen LogP contribution in [0.3, 0.4) is 0 Å². The van der Waals surface area contributed by atoms with E-state index in [1.54, 1.807) is 12.1 Å². The number of carbonyl (C=O) groups excluding carboxylic acids is 1. The molecule has 8 heteroatoms. The Morgan fingerprint density at radius 1 is 1.03 bits per heavy atom. The predicted octanol–water partition coefficient (Wildman–Crippen LogP) is 4.49. The molecule has 31 heavy (non-hydrogen) atoms. The van der Waals surface area contributed by atoms with Crippen LogP contribution in [-0.2, 0) is 21.4 Å². The van der Waals surface area contributed by atoms with Gasteiger partial charge in [-0.2, -0.15) is 4.31 Å². The number of ether oxygens (including phenoxy) is 1. The molecule has 162 valence electrons. The van der Waals surface area contributed by atoms with E-state index in [0.29, 0.717) is 16.5 Å². The zero-order valence-electron chi connectivity index (χ0n) is 17.2. The van der Waals surface area contributed by atoms with Gasteiger partial charge in [0.2, 0.25) is 15.9 Å². The van der Waals surface area contributed by atoms with Crippen LogP contribution in [0.2, 0.25) is 5.02 Å². The van der Waals surface area contributed by atoms with Crippen LogP contribution in [0, 0.1) is 6.92 Å². The molecule has 6 nitrogen and oxygen atoms in total. The predicted molar refractivity (Wildman–Crippen MR) is 122 cm³/mol. The minimum absolute atomic E-state index is 0.0458. The molecule has 1 amide bonds. The topological polar surface area (TPSA) is 75.7 Å². The van der Waals surface area contributed by atoms with Crippen molar-refractivity contribution in [3.8, 4) is 5.75 Å². The third-order valence-corrected chi connectivity index (χ3v) is 6.66. The molecule has 0 aliphatic rings. The van der Waals surface area contributed by atoms with Gasteiger partial charge in [-0.05, 0) is 54.4 Å². The Labute approximate surface area is 187 Å². The van der Waals surface area contributed by atoms with Gasteiger partial charge in [-0.25, -0.2) is 8.42 Å². The van der Waals surface area contributed by atoms with Gasteiger partial charge in [0, 0.05) is 11.6 Å². The number of nitrogens with one attached hydrogen (secondary N) is 1. The highest BCUT2D eigenvalue weighted by molar-refractivity contribution is 7.89. The lowest BCUT2D eigenvalue weighted by Crippen LogP contribution is -2.37. The SMILES string of the molecule is COc1ccc(C)cc1NC(=O)CN(Cc1ccccc1)S(=O)(=O)c1ccc(Cl)cc1. The second-order valence-electron chi connectivity index (χ2n) is 6.96. The van der Waals surface area contributed by atoms with Crippen LogP contribution in [0.1, 0.15) is 11.1 Å². The highest BCUT2D eigenvalue weighted by atomic mass is 35.5. The number of hydrogen-bond donors (Lipinski definition) is 1. The number of nitrogens with zero attached hydrogens (tertiary/aromatic N) is 1. The van der Waals surface area contributed by atoms with E-state index in [0.717, 1.165) is 15.4 Å². The lowest BCUT2D eigenvalue weighted by Gasteiger charge is -2.22. The first-order valence-electron chi connectivity index (χ1n) is 9.54. The average Bonchev–Trinajstić information content (AvgIpc) is 2.74. The molecule has 0 atom stereocenters. The van der Waals surface area contributed by atoms with Gasteiger partial charge in [0.1, 0.15) is 5.75 Å². The maximum Gasteiger partial charge on any atom is 0.243 e. The number of sulfonamides is 1. The lowest BCUT2D eigenvalue weighted by molar-refractivity contribution is -0.116. The Morgan fingerprint density at radius 3 is 2.35 bits per heavy atom. The Balaban J connectivity index is 1.88. The minimum Gasteiger partial charge on any atom is -0.495 e. The number of hydrogen-bond acceptors (Lipinski definition) is 4. The quantitative estimate of drug-likeness (QED) is 0.539. The average molecular weight is 459 g/mol. The van der Waals surface area contributed by atoms with Crippen molar-refractivity contribution >= 4 is 33.2 Å². The van der Waals surface area contributed by atoms with Gasteiger partial charge in [-0.1, -0.05) is 48.0 Å². The van der Waals surface area contributed by atoms with E-state index in [1.165, 1.54) is 31.4 Å². The lowest BCUT2D eigenvalue weighted by atomic mass is 10.2. The normalized spacial score (nSPS) is 11.4. The van der Waals surface area contributed by atoms with E-state index >= 15 is 0 Å². The molecule has 0 unspecified atom stereocenters. The summed E-state index contributed by atoms with van der Waals surface area (Å²) in [5, 5.41) is 3.19. The summed E-state index contributed by atoms with van der Waals surface area (Å²) >= 11 is 5.90. The molecule has 3 aromatic rings. The highest BCUT2D eigenvalue weighted by Crippen LogP contribution is 2.26. The number of halogens is 1. The van der Waals surface area contributed by atoms with E-state index in [1.807, 2.05) is 43.3 Å². The third-order valence-electron chi connectivity index (χ3n) is 4.60. The van der Waals surface area contributed by atoms with Gasteiger partial charge in [0.25, 0.3) is 0 Å². The zero-order chi connectivity index (χ0) is 22.4. The van der Waals surface area contributed by atoms with E-state index < -0.39 is 15.9 Å². The van der Waals surface area contributed by atoms with Crippen molar-refractivity contribution in [2.45, 2.75) is 18.4 Å². The van der Waals surface area contributed by atoms with Crippen LogP contribution >= 0.6 is 11.6 Å². The smallest absolute Gasteiger partial charge is 0.243 e. The Bertz CT molecular complexity index is 1150. The van der Waals surface area contributed by atoms with Crippen LogP contribution in [0.25, 0.3) is 0 Å². The van der Waals surface area contributed by atoms with Crippen molar-refractivity contribution in [2.24, 2.45) is 0 Å².